The van der Waals surface area contributed by atoms with Gasteiger partial charge in [-0.15, -0.1) is 0 Å². The van der Waals surface area contributed by atoms with E-state index in [0.717, 1.165) is 16.0 Å². The molecule has 3 nitrogen and oxygen atoms in total. The molecule has 1 aliphatic carbocycles. The Morgan fingerprint density at radius 3 is 2.58 bits per heavy atom. The van der Waals surface area contributed by atoms with Gasteiger partial charge in [0.05, 0.1) is 4.47 Å². The van der Waals surface area contributed by atoms with Gasteiger partial charge in [0, 0.05) is 17.7 Å². The smallest absolute Gasteiger partial charge is 0.144 e. The van der Waals surface area contributed by atoms with E-state index in [1.165, 1.54) is 12.8 Å². The average molecular weight is 345 g/mol. The third-order valence-electron chi connectivity index (χ3n) is 3.30. The summed E-state index contributed by atoms with van der Waals surface area (Å²) in [6.45, 7) is 9.21. The minimum Gasteiger partial charge on any atom is -0.370 e. The number of nitrogens with one attached hydrogen (secondary N) is 1. The number of aromatic amines is 1. The predicted octanol–water partition coefficient (Wildman–Crippen LogP) is 4.69. The summed E-state index contributed by atoms with van der Waals surface area (Å²) in [5.74, 6) is 1.47. The second-order valence-electron chi connectivity index (χ2n) is 6.08. The summed E-state index contributed by atoms with van der Waals surface area (Å²) in [5.41, 5.74) is 1.08. The van der Waals surface area contributed by atoms with Gasteiger partial charge in [0.2, 0.25) is 0 Å². The zero-order valence-electron chi connectivity index (χ0n) is 11.9. The molecule has 1 N–H and O–H groups in total. The van der Waals surface area contributed by atoms with Crippen LogP contribution in [0, 0.1) is 10.6 Å². The molecule has 19 heavy (non-hydrogen) atoms. The number of hydrogen-bond acceptors (Lipinski definition) is 3. The van der Waals surface area contributed by atoms with Crippen LogP contribution in [0.1, 0.15) is 58.2 Å². The Morgan fingerprint density at radius 2 is 2.11 bits per heavy atom. The van der Waals surface area contributed by atoms with E-state index >= 15 is 0 Å². The topological polar surface area (TPSA) is 37.9 Å². The van der Waals surface area contributed by atoms with Gasteiger partial charge in [0.15, 0.2) is 0 Å². The van der Waals surface area contributed by atoms with Gasteiger partial charge in [-0.05, 0) is 41.6 Å². The number of nitrogens with zero attached hydrogens (tertiary/aromatic N) is 1. The Kier molecular flexibility index (Phi) is 4.48. The quantitative estimate of drug-likeness (QED) is 0.805. The molecular formula is C14H21BrN2OS. The Bertz CT molecular complexity index is 517. The Hall–Kier alpha value is -0.260. The molecule has 0 spiro atoms. The van der Waals surface area contributed by atoms with Crippen LogP contribution < -0.4 is 0 Å². The lowest BCUT2D eigenvalue weighted by atomic mass is 9.92. The number of ether oxygens (including phenoxy) is 1. The van der Waals surface area contributed by atoms with Crippen molar-refractivity contribution in [1.82, 2.24) is 9.97 Å². The zero-order chi connectivity index (χ0) is 14.2. The Balaban J connectivity index is 2.46. The molecule has 0 aliphatic heterocycles. The SMILES string of the molecule is CCOC(c1nc(=S)c(Br)c(C(C)(C)C)[nH]1)C1CC1. The monoisotopic (exact) mass is 344 g/mol. The first kappa shape index (κ1) is 15.1. The molecule has 0 saturated heterocycles. The van der Waals surface area contributed by atoms with Crippen molar-refractivity contribution in [3.63, 3.8) is 0 Å². The van der Waals surface area contributed by atoms with Gasteiger partial charge < -0.3 is 9.72 Å². The summed E-state index contributed by atoms with van der Waals surface area (Å²) in [4.78, 5) is 7.96. The molecule has 1 aliphatic rings. The average Bonchev–Trinajstić information content (AvgIpc) is 3.12. The highest BCUT2D eigenvalue weighted by Crippen LogP contribution is 2.43. The lowest BCUT2D eigenvalue weighted by Gasteiger charge is -2.24. The second kappa shape index (κ2) is 5.62. The lowest BCUT2D eigenvalue weighted by Crippen LogP contribution is -2.19. The van der Waals surface area contributed by atoms with Crippen molar-refractivity contribution in [1.29, 1.82) is 0 Å². The van der Waals surface area contributed by atoms with Gasteiger partial charge in [-0.3, -0.25) is 0 Å². The molecule has 1 fully saturated rings. The van der Waals surface area contributed by atoms with Gasteiger partial charge in [-0.1, -0.05) is 33.0 Å². The summed E-state index contributed by atoms with van der Waals surface area (Å²) >= 11 is 8.93. The fourth-order valence-corrected chi connectivity index (χ4v) is 3.13. The van der Waals surface area contributed by atoms with Crippen molar-refractivity contribution in [2.45, 2.75) is 52.1 Å². The van der Waals surface area contributed by atoms with Crippen molar-refractivity contribution in [3.05, 3.63) is 20.6 Å². The van der Waals surface area contributed by atoms with Gasteiger partial charge in [0.1, 0.15) is 16.6 Å². The molecule has 2 rings (SSSR count). The van der Waals surface area contributed by atoms with E-state index in [4.69, 9.17) is 17.0 Å². The number of halogens is 1. The predicted molar refractivity (Wildman–Crippen MR) is 82.9 cm³/mol. The second-order valence-corrected chi connectivity index (χ2v) is 7.26. The van der Waals surface area contributed by atoms with Crippen molar-refractivity contribution in [2.75, 3.05) is 6.61 Å². The highest BCUT2D eigenvalue weighted by molar-refractivity contribution is 9.10. The van der Waals surface area contributed by atoms with Crippen molar-refractivity contribution in [3.8, 4) is 0 Å². The normalized spacial score (nSPS) is 17.5. The molecule has 0 radical (unpaired) electrons. The Morgan fingerprint density at radius 1 is 1.47 bits per heavy atom. The number of H-pyrrole nitrogens is 1. The van der Waals surface area contributed by atoms with Crippen LogP contribution in [-0.2, 0) is 10.2 Å². The first-order valence-electron chi connectivity index (χ1n) is 6.76. The molecule has 0 amide bonds. The standard InChI is InChI=1S/C14H21BrN2OS/c1-5-18-10(8-6-7-8)12-16-11(14(2,3)4)9(15)13(19)17-12/h8,10H,5-7H2,1-4H3,(H,16,17,19). The third kappa shape index (κ3) is 3.44. The zero-order valence-corrected chi connectivity index (χ0v) is 14.3. The van der Waals surface area contributed by atoms with Gasteiger partial charge >= 0.3 is 0 Å². The molecule has 1 saturated carbocycles. The third-order valence-corrected chi connectivity index (χ3v) is 4.63. The van der Waals surface area contributed by atoms with Crippen LogP contribution in [0.2, 0.25) is 0 Å². The minimum atomic E-state index is -0.00952. The van der Waals surface area contributed by atoms with Gasteiger partial charge in [-0.2, -0.15) is 0 Å². The van der Waals surface area contributed by atoms with Gasteiger partial charge in [0.25, 0.3) is 0 Å². The van der Waals surface area contributed by atoms with Crippen LogP contribution in [0.5, 0.6) is 0 Å². The number of rotatable bonds is 4. The molecule has 0 aromatic carbocycles. The highest BCUT2D eigenvalue weighted by Gasteiger charge is 2.35. The molecule has 1 heterocycles. The van der Waals surface area contributed by atoms with E-state index in [0.29, 0.717) is 17.2 Å². The first-order valence-corrected chi connectivity index (χ1v) is 7.96. The van der Waals surface area contributed by atoms with E-state index in [-0.39, 0.29) is 11.5 Å². The van der Waals surface area contributed by atoms with E-state index in [2.05, 4.69) is 46.7 Å². The largest absolute Gasteiger partial charge is 0.370 e. The maximum Gasteiger partial charge on any atom is 0.144 e. The Labute approximate surface area is 128 Å². The van der Waals surface area contributed by atoms with Crippen LogP contribution in [0.3, 0.4) is 0 Å². The molecule has 1 atom stereocenters. The van der Waals surface area contributed by atoms with Crippen molar-refractivity contribution >= 4 is 28.1 Å². The van der Waals surface area contributed by atoms with E-state index in [1.54, 1.807) is 0 Å². The van der Waals surface area contributed by atoms with Crippen LogP contribution in [-0.4, -0.2) is 16.6 Å². The molecule has 106 valence electrons. The van der Waals surface area contributed by atoms with Crippen LogP contribution in [0.15, 0.2) is 4.47 Å². The van der Waals surface area contributed by atoms with Crippen molar-refractivity contribution < 1.29 is 4.74 Å². The maximum absolute atomic E-state index is 5.86. The summed E-state index contributed by atoms with van der Waals surface area (Å²) < 4.78 is 7.37. The van der Waals surface area contributed by atoms with E-state index < -0.39 is 0 Å². The van der Waals surface area contributed by atoms with E-state index in [9.17, 15) is 0 Å². The van der Waals surface area contributed by atoms with E-state index in [1.807, 2.05) is 6.92 Å². The van der Waals surface area contributed by atoms with Crippen LogP contribution in [0.25, 0.3) is 0 Å². The summed E-state index contributed by atoms with van der Waals surface area (Å²) in [6.07, 6.45) is 2.49. The van der Waals surface area contributed by atoms with Crippen molar-refractivity contribution in [2.24, 2.45) is 5.92 Å². The summed E-state index contributed by atoms with van der Waals surface area (Å²) in [7, 11) is 0. The lowest BCUT2D eigenvalue weighted by molar-refractivity contribution is 0.0396. The number of hydrogen-bond donors (Lipinski definition) is 1. The molecular weight excluding hydrogens is 324 g/mol. The van der Waals surface area contributed by atoms with Crippen LogP contribution in [0.4, 0.5) is 0 Å². The highest BCUT2D eigenvalue weighted by atomic mass is 79.9. The maximum atomic E-state index is 5.86. The first-order chi connectivity index (χ1) is 8.84. The fraction of sp³-hybridized carbons (Fsp3) is 0.714. The molecule has 1 aromatic heterocycles. The van der Waals surface area contributed by atoms with Crippen LogP contribution >= 0.6 is 28.1 Å². The molecule has 1 aromatic rings. The molecule has 5 heteroatoms. The number of aromatic nitrogens is 2. The summed E-state index contributed by atoms with van der Waals surface area (Å²) in [6, 6.07) is 0. The molecule has 0 bridgehead atoms. The summed E-state index contributed by atoms with van der Waals surface area (Å²) in [5, 5.41) is 0. The fourth-order valence-electron chi connectivity index (χ4n) is 2.14. The molecule has 1 unspecified atom stereocenters. The minimum absolute atomic E-state index is 0.00952. The van der Waals surface area contributed by atoms with Gasteiger partial charge in [-0.25, -0.2) is 4.98 Å².